The minimum atomic E-state index is 0.498. The molecule has 0 aromatic carbocycles. The van der Waals surface area contributed by atoms with E-state index >= 15 is 0 Å². The molecule has 3 heteroatoms. The Morgan fingerprint density at radius 3 is 3.13 bits per heavy atom. The van der Waals surface area contributed by atoms with E-state index < -0.39 is 0 Å². The zero-order valence-electron chi connectivity index (χ0n) is 9.67. The van der Waals surface area contributed by atoms with Crippen LogP contribution in [0.4, 0.5) is 11.5 Å². The monoisotopic (exact) mass is 205 g/mol. The van der Waals surface area contributed by atoms with E-state index in [4.69, 9.17) is 0 Å². The Hall–Kier alpha value is -1.25. The van der Waals surface area contributed by atoms with Crippen molar-refractivity contribution in [3.8, 4) is 0 Å². The second-order valence-corrected chi connectivity index (χ2v) is 4.43. The fraction of sp³-hybridized carbons (Fsp3) is 0.583. The molecule has 0 aliphatic carbocycles. The van der Waals surface area contributed by atoms with Crippen molar-refractivity contribution in [3.05, 3.63) is 17.8 Å². The van der Waals surface area contributed by atoms with Gasteiger partial charge in [-0.05, 0) is 24.5 Å². The molecule has 0 amide bonds. The number of rotatable bonds is 2. The first-order valence-electron chi connectivity index (χ1n) is 5.67. The predicted molar refractivity (Wildman–Crippen MR) is 64.3 cm³/mol. The van der Waals surface area contributed by atoms with Crippen LogP contribution in [0.2, 0.25) is 0 Å². The number of nitrogens with zero attached hydrogens (tertiary/aromatic N) is 1. The van der Waals surface area contributed by atoms with Crippen molar-refractivity contribution < 1.29 is 0 Å². The van der Waals surface area contributed by atoms with Gasteiger partial charge in [0.15, 0.2) is 0 Å². The summed E-state index contributed by atoms with van der Waals surface area (Å²) in [7, 11) is 0. The van der Waals surface area contributed by atoms with Crippen LogP contribution in [-0.4, -0.2) is 17.6 Å². The molecule has 0 saturated heterocycles. The molecule has 2 rings (SSSR count). The van der Waals surface area contributed by atoms with Gasteiger partial charge < -0.3 is 10.6 Å². The Kier molecular flexibility index (Phi) is 2.80. The molecule has 3 nitrogen and oxygen atoms in total. The number of hydrogen-bond acceptors (Lipinski definition) is 3. The molecule has 0 bridgehead atoms. The third-order valence-corrected chi connectivity index (χ3v) is 3.19. The van der Waals surface area contributed by atoms with Gasteiger partial charge in [-0.2, -0.15) is 0 Å². The fourth-order valence-electron chi connectivity index (χ4n) is 1.89. The summed E-state index contributed by atoms with van der Waals surface area (Å²) in [5.41, 5.74) is 2.33. The van der Waals surface area contributed by atoms with E-state index in [0.29, 0.717) is 12.0 Å². The highest BCUT2D eigenvalue weighted by molar-refractivity contribution is 5.67. The molecular weight excluding hydrogens is 186 g/mol. The maximum atomic E-state index is 4.41. The van der Waals surface area contributed by atoms with E-state index in [9.17, 15) is 0 Å². The summed E-state index contributed by atoms with van der Waals surface area (Å²) in [5.74, 6) is 1.67. The maximum absolute atomic E-state index is 4.41. The molecule has 0 saturated carbocycles. The first-order chi connectivity index (χ1) is 7.20. The molecule has 2 unspecified atom stereocenters. The van der Waals surface area contributed by atoms with Gasteiger partial charge in [0.05, 0.1) is 5.69 Å². The average molecular weight is 205 g/mol. The van der Waals surface area contributed by atoms with Crippen LogP contribution in [0.1, 0.15) is 25.8 Å². The Morgan fingerprint density at radius 1 is 1.60 bits per heavy atom. The largest absolute Gasteiger partial charge is 0.380 e. The lowest BCUT2D eigenvalue weighted by Gasteiger charge is -2.31. The van der Waals surface area contributed by atoms with Crippen LogP contribution < -0.4 is 10.6 Å². The van der Waals surface area contributed by atoms with Crippen LogP contribution in [-0.2, 0) is 0 Å². The Balaban J connectivity index is 2.16. The van der Waals surface area contributed by atoms with Crippen molar-refractivity contribution in [1.82, 2.24) is 4.98 Å². The number of aromatic nitrogens is 1. The topological polar surface area (TPSA) is 37.0 Å². The smallest absolute Gasteiger partial charge is 0.149 e. The molecule has 1 aliphatic heterocycles. The van der Waals surface area contributed by atoms with Crippen LogP contribution in [0.3, 0.4) is 0 Å². The van der Waals surface area contributed by atoms with Gasteiger partial charge in [-0.3, -0.25) is 0 Å². The van der Waals surface area contributed by atoms with Crippen molar-refractivity contribution in [1.29, 1.82) is 0 Å². The minimum Gasteiger partial charge on any atom is -0.380 e. The molecule has 0 fully saturated rings. The number of aryl methyl sites for hydroxylation is 1. The van der Waals surface area contributed by atoms with E-state index in [0.717, 1.165) is 18.1 Å². The third kappa shape index (κ3) is 2.06. The van der Waals surface area contributed by atoms with Crippen LogP contribution >= 0.6 is 0 Å². The third-order valence-electron chi connectivity index (χ3n) is 3.19. The fourth-order valence-corrected chi connectivity index (χ4v) is 1.89. The lowest BCUT2D eigenvalue weighted by atomic mass is 9.97. The second-order valence-electron chi connectivity index (χ2n) is 4.43. The number of anilines is 2. The van der Waals surface area contributed by atoms with Gasteiger partial charge in [0.1, 0.15) is 5.82 Å². The molecule has 1 aromatic rings. The Labute approximate surface area is 91.3 Å². The Bertz CT molecular complexity index is 349. The first-order valence-corrected chi connectivity index (χ1v) is 5.67. The zero-order valence-corrected chi connectivity index (χ0v) is 9.67. The molecule has 82 valence electrons. The number of pyridine rings is 1. The SMILES string of the molecule is CCC(C)C1CNc2cc(C)cnc2N1. The average Bonchev–Trinajstić information content (AvgIpc) is 2.27. The lowest BCUT2D eigenvalue weighted by Crippen LogP contribution is -2.38. The number of nitrogens with one attached hydrogen (secondary N) is 2. The van der Waals surface area contributed by atoms with Crippen molar-refractivity contribution >= 4 is 11.5 Å². The van der Waals surface area contributed by atoms with Crippen molar-refractivity contribution in [2.24, 2.45) is 5.92 Å². The highest BCUT2D eigenvalue weighted by Gasteiger charge is 2.21. The minimum absolute atomic E-state index is 0.498. The van der Waals surface area contributed by atoms with Crippen molar-refractivity contribution in [2.45, 2.75) is 33.2 Å². The molecule has 2 heterocycles. The van der Waals surface area contributed by atoms with Gasteiger partial charge >= 0.3 is 0 Å². The molecule has 1 aromatic heterocycles. The summed E-state index contributed by atoms with van der Waals surface area (Å²) < 4.78 is 0. The van der Waals surface area contributed by atoms with E-state index in [2.05, 4.69) is 42.5 Å². The summed E-state index contributed by atoms with van der Waals surface area (Å²) in [6.07, 6.45) is 3.10. The zero-order chi connectivity index (χ0) is 10.8. The van der Waals surface area contributed by atoms with E-state index in [-0.39, 0.29) is 0 Å². The normalized spacial score (nSPS) is 21.1. The summed E-state index contributed by atoms with van der Waals surface area (Å²) in [5, 5.41) is 6.94. The molecular formula is C12H19N3. The Morgan fingerprint density at radius 2 is 2.40 bits per heavy atom. The molecule has 0 radical (unpaired) electrons. The quantitative estimate of drug-likeness (QED) is 0.779. The highest BCUT2D eigenvalue weighted by Crippen LogP contribution is 2.26. The molecule has 1 aliphatic rings. The standard InChI is InChI=1S/C12H19N3/c1-4-9(3)11-7-13-10-5-8(2)6-14-12(10)15-11/h5-6,9,11,13H,4,7H2,1-3H3,(H,14,15). The summed E-state index contributed by atoms with van der Waals surface area (Å²) in [6, 6.07) is 2.64. The second kappa shape index (κ2) is 4.09. The first kappa shape index (κ1) is 10.3. The predicted octanol–water partition coefficient (Wildman–Crippen LogP) is 2.64. The summed E-state index contributed by atoms with van der Waals surface area (Å²) in [6.45, 7) is 7.56. The van der Waals surface area contributed by atoms with Crippen LogP contribution in [0.15, 0.2) is 12.3 Å². The molecule has 15 heavy (non-hydrogen) atoms. The van der Waals surface area contributed by atoms with Gasteiger partial charge in [0, 0.05) is 18.8 Å². The van der Waals surface area contributed by atoms with E-state index in [1.807, 2.05) is 6.20 Å². The van der Waals surface area contributed by atoms with Crippen LogP contribution in [0.5, 0.6) is 0 Å². The van der Waals surface area contributed by atoms with Crippen molar-refractivity contribution in [3.63, 3.8) is 0 Å². The van der Waals surface area contributed by atoms with Gasteiger partial charge in [0.2, 0.25) is 0 Å². The number of hydrogen-bond donors (Lipinski definition) is 2. The van der Waals surface area contributed by atoms with Gasteiger partial charge in [-0.1, -0.05) is 20.3 Å². The van der Waals surface area contributed by atoms with E-state index in [1.165, 1.54) is 12.0 Å². The number of fused-ring (bicyclic) bond motifs is 1. The highest BCUT2D eigenvalue weighted by atomic mass is 15.1. The molecule has 2 N–H and O–H groups in total. The molecule has 0 spiro atoms. The van der Waals surface area contributed by atoms with Gasteiger partial charge in [-0.25, -0.2) is 4.98 Å². The summed E-state index contributed by atoms with van der Waals surface area (Å²) >= 11 is 0. The maximum Gasteiger partial charge on any atom is 0.149 e. The van der Waals surface area contributed by atoms with Gasteiger partial charge in [0.25, 0.3) is 0 Å². The molecule has 2 atom stereocenters. The van der Waals surface area contributed by atoms with E-state index in [1.54, 1.807) is 0 Å². The lowest BCUT2D eigenvalue weighted by molar-refractivity contribution is 0.476. The van der Waals surface area contributed by atoms with Gasteiger partial charge in [-0.15, -0.1) is 0 Å². The summed E-state index contributed by atoms with van der Waals surface area (Å²) in [4.78, 5) is 4.41. The van der Waals surface area contributed by atoms with Crippen LogP contribution in [0, 0.1) is 12.8 Å². The van der Waals surface area contributed by atoms with Crippen LogP contribution in [0.25, 0.3) is 0 Å². The van der Waals surface area contributed by atoms with Crippen molar-refractivity contribution in [2.75, 3.05) is 17.2 Å².